The van der Waals surface area contributed by atoms with E-state index in [0.717, 1.165) is 16.6 Å². The van der Waals surface area contributed by atoms with Crippen molar-refractivity contribution in [1.29, 1.82) is 0 Å². The van der Waals surface area contributed by atoms with Gasteiger partial charge in [-0.05, 0) is 23.4 Å². The average molecular weight is 257 g/mol. The first-order valence-electron chi connectivity index (χ1n) is 5.76. The first-order chi connectivity index (χ1) is 8.79. The van der Waals surface area contributed by atoms with Gasteiger partial charge in [0.1, 0.15) is 10.2 Å². The van der Waals surface area contributed by atoms with Crippen molar-refractivity contribution in [3.05, 3.63) is 52.6 Å². The van der Waals surface area contributed by atoms with Gasteiger partial charge in [-0.15, -0.1) is 11.3 Å². The molecule has 0 spiro atoms. The summed E-state index contributed by atoms with van der Waals surface area (Å²) >= 11 is 1.47. The average Bonchev–Trinajstić information content (AvgIpc) is 3.00. The minimum Gasteiger partial charge on any atom is -0.351 e. The normalized spacial score (nSPS) is 10.9. The highest BCUT2D eigenvalue weighted by Crippen LogP contribution is 2.26. The Morgan fingerprint density at radius 2 is 2.06 bits per heavy atom. The minimum absolute atomic E-state index is 0.109. The Morgan fingerprint density at radius 3 is 2.78 bits per heavy atom. The zero-order valence-electron chi connectivity index (χ0n) is 9.84. The van der Waals surface area contributed by atoms with Crippen LogP contribution in [0.1, 0.15) is 28.6 Å². The third-order valence-corrected chi connectivity index (χ3v) is 3.82. The summed E-state index contributed by atoms with van der Waals surface area (Å²) in [6, 6.07) is 9.46. The van der Waals surface area contributed by atoms with E-state index in [4.69, 9.17) is 4.52 Å². The Balaban J connectivity index is 2.01. The summed E-state index contributed by atoms with van der Waals surface area (Å²) in [6.45, 7) is 2.09. The topological polar surface area (TPSA) is 43.1 Å². The summed E-state index contributed by atoms with van der Waals surface area (Å²) < 4.78 is 5.96. The van der Waals surface area contributed by atoms with Crippen LogP contribution in [0, 0.1) is 0 Å². The van der Waals surface area contributed by atoms with Crippen LogP contribution in [0.25, 0.3) is 10.2 Å². The highest BCUT2D eigenvalue weighted by molar-refractivity contribution is 7.17. The summed E-state index contributed by atoms with van der Waals surface area (Å²) in [5, 5.41) is 5.78. The number of carbonyl (C=O) groups is 1. The highest BCUT2D eigenvalue weighted by Gasteiger charge is 2.19. The van der Waals surface area contributed by atoms with Gasteiger partial charge in [0.2, 0.25) is 11.5 Å². The Hall–Kier alpha value is -1.94. The summed E-state index contributed by atoms with van der Waals surface area (Å²) in [6.07, 6.45) is 0.964. The Bertz CT molecular complexity index is 694. The van der Waals surface area contributed by atoms with Crippen LogP contribution in [0.3, 0.4) is 0 Å². The molecule has 0 saturated carbocycles. The molecule has 0 fully saturated rings. The fourth-order valence-electron chi connectivity index (χ4n) is 1.85. The molecule has 2 aromatic heterocycles. The highest BCUT2D eigenvalue weighted by atomic mass is 32.1. The minimum atomic E-state index is -0.109. The van der Waals surface area contributed by atoms with Crippen molar-refractivity contribution in [2.24, 2.45) is 0 Å². The van der Waals surface area contributed by atoms with Crippen molar-refractivity contribution in [3.8, 4) is 0 Å². The number of benzene rings is 1. The lowest BCUT2D eigenvalue weighted by molar-refractivity contribution is 0.100. The number of aromatic nitrogens is 1. The molecule has 2 heterocycles. The molecule has 0 aliphatic rings. The van der Waals surface area contributed by atoms with Gasteiger partial charge in [0.15, 0.2) is 0 Å². The van der Waals surface area contributed by atoms with Crippen molar-refractivity contribution >= 4 is 27.3 Å². The van der Waals surface area contributed by atoms with Gasteiger partial charge < -0.3 is 4.52 Å². The van der Waals surface area contributed by atoms with Crippen molar-refractivity contribution in [2.75, 3.05) is 0 Å². The van der Waals surface area contributed by atoms with Crippen LogP contribution in [0.5, 0.6) is 0 Å². The van der Waals surface area contributed by atoms with E-state index in [-0.39, 0.29) is 5.78 Å². The van der Waals surface area contributed by atoms with E-state index in [1.807, 2.05) is 35.7 Å². The molecular formula is C14H11NO2S. The van der Waals surface area contributed by atoms with Gasteiger partial charge in [0, 0.05) is 5.56 Å². The quantitative estimate of drug-likeness (QED) is 0.672. The zero-order valence-corrected chi connectivity index (χ0v) is 10.7. The molecule has 4 heteroatoms. The monoisotopic (exact) mass is 257 g/mol. The number of rotatable bonds is 3. The van der Waals surface area contributed by atoms with Gasteiger partial charge in [0.25, 0.3) is 0 Å². The van der Waals surface area contributed by atoms with E-state index in [9.17, 15) is 4.79 Å². The number of hydrogen-bond acceptors (Lipinski definition) is 4. The number of ketones is 1. The zero-order chi connectivity index (χ0) is 12.5. The van der Waals surface area contributed by atoms with Gasteiger partial charge in [-0.1, -0.05) is 36.3 Å². The lowest BCUT2D eigenvalue weighted by atomic mass is 10.1. The smallest absolute Gasteiger partial charge is 0.232 e. The van der Waals surface area contributed by atoms with E-state index in [0.29, 0.717) is 11.3 Å². The van der Waals surface area contributed by atoms with Crippen LogP contribution >= 0.6 is 11.3 Å². The van der Waals surface area contributed by atoms with E-state index in [2.05, 4.69) is 12.1 Å². The number of carbonyl (C=O) groups excluding carboxylic acids is 1. The van der Waals surface area contributed by atoms with Gasteiger partial charge in [0.05, 0.1) is 0 Å². The van der Waals surface area contributed by atoms with Crippen molar-refractivity contribution in [3.63, 3.8) is 0 Å². The number of fused-ring (bicyclic) bond motifs is 1. The molecule has 0 unspecified atom stereocenters. The summed E-state index contributed by atoms with van der Waals surface area (Å²) in [5.41, 5.74) is 2.59. The molecule has 0 aliphatic heterocycles. The Kier molecular flexibility index (Phi) is 2.72. The molecule has 0 aliphatic carbocycles. The summed E-state index contributed by atoms with van der Waals surface area (Å²) in [4.78, 5) is 12.3. The first kappa shape index (κ1) is 11.2. The van der Waals surface area contributed by atoms with Gasteiger partial charge in [-0.3, -0.25) is 4.79 Å². The molecular weight excluding hydrogens is 246 g/mol. The molecule has 0 amide bonds. The fourth-order valence-corrected chi connectivity index (χ4v) is 2.64. The van der Waals surface area contributed by atoms with Crippen LogP contribution in [0.2, 0.25) is 0 Å². The largest absolute Gasteiger partial charge is 0.351 e. The number of aryl methyl sites for hydroxylation is 1. The maximum atomic E-state index is 12.3. The molecule has 3 aromatic rings. The molecule has 0 atom stereocenters. The molecule has 90 valence electrons. The second-order valence-corrected chi connectivity index (χ2v) is 4.94. The number of nitrogens with zero attached hydrogens (tertiary/aromatic N) is 1. The maximum absolute atomic E-state index is 12.3. The molecule has 1 aromatic carbocycles. The Morgan fingerprint density at radius 1 is 1.28 bits per heavy atom. The van der Waals surface area contributed by atoms with Crippen LogP contribution in [0.4, 0.5) is 0 Å². The number of thiophene rings is 1. The van der Waals surface area contributed by atoms with Crippen LogP contribution in [-0.2, 0) is 6.42 Å². The van der Waals surface area contributed by atoms with E-state index < -0.39 is 0 Å². The van der Waals surface area contributed by atoms with Crippen molar-refractivity contribution in [1.82, 2.24) is 5.16 Å². The molecule has 0 bridgehead atoms. The predicted octanol–water partition coefficient (Wildman–Crippen LogP) is 3.68. The van der Waals surface area contributed by atoms with Crippen molar-refractivity contribution < 1.29 is 9.32 Å². The van der Waals surface area contributed by atoms with Crippen LogP contribution in [-0.4, -0.2) is 10.9 Å². The summed E-state index contributed by atoms with van der Waals surface area (Å²) in [7, 11) is 0. The molecule has 3 rings (SSSR count). The molecule has 0 saturated heterocycles. The van der Waals surface area contributed by atoms with Gasteiger partial charge in [-0.25, -0.2) is 0 Å². The van der Waals surface area contributed by atoms with Crippen molar-refractivity contribution in [2.45, 2.75) is 13.3 Å². The second kappa shape index (κ2) is 4.38. The number of hydrogen-bond donors (Lipinski definition) is 0. The van der Waals surface area contributed by atoms with Crippen LogP contribution in [0.15, 0.2) is 40.2 Å². The molecule has 0 N–H and O–H groups in total. The van der Waals surface area contributed by atoms with Gasteiger partial charge in [-0.2, -0.15) is 0 Å². The predicted molar refractivity (Wildman–Crippen MR) is 71.1 cm³/mol. The maximum Gasteiger partial charge on any atom is 0.232 e. The molecule has 0 radical (unpaired) electrons. The van der Waals surface area contributed by atoms with E-state index in [1.54, 1.807) is 0 Å². The summed E-state index contributed by atoms with van der Waals surface area (Å²) in [5.74, 6) is 0.229. The van der Waals surface area contributed by atoms with Gasteiger partial charge >= 0.3 is 0 Å². The Labute approximate surface area is 108 Å². The van der Waals surface area contributed by atoms with Crippen LogP contribution < -0.4 is 0 Å². The third-order valence-electron chi connectivity index (χ3n) is 2.92. The van der Waals surface area contributed by atoms with E-state index in [1.165, 1.54) is 16.9 Å². The second-order valence-electron chi connectivity index (χ2n) is 4.03. The molecule has 3 nitrogen and oxygen atoms in total. The standard InChI is InChI=1S/C14H11NO2S/c1-2-9-3-5-10(6-4-9)12(16)13-14-11(15-17-13)7-8-18-14/h3-8H,2H2,1H3. The lowest BCUT2D eigenvalue weighted by Crippen LogP contribution is -1.99. The SMILES string of the molecule is CCc1ccc(C(=O)c2onc3ccsc23)cc1. The first-order valence-corrected chi connectivity index (χ1v) is 6.64. The van der Waals surface area contributed by atoms with E-state index >= 15 is 0 Å². The lowest BCUT2D eigenvalue weighted by Gasteiger charge is -1.99. The fraction of sp³-hybridized carbons (Fsp3) is 0.143. The molecule has 18 heavy (non-hydrogen) atoms. The third kappa shape index (κ3) is 1.75.